The van der Waals surface area contributed by atoms with E-state index in [1.54, 1.807) is 0 Å². The van der Waals surface area contributed by atoms with Gasteiger partial charge < -0.3 is 0 Å². The Morgan fingerprint density at radius 1 is 0.769 bits per heavy atom. The van der Waals surface area contributed by atoms with E-state index < -0.39 is 0 Å². The van der Waals surface area contributed by atoms with Crippen LogP contribution in [0.25, 0.3) is 0 Å². The summed E-state index contributed by atoms with van der Waals surface area (Å²) < 4.78 is 0. The first-order valence-electron chi connectivity index (χ1n) is 6.38. The van der Waals surface area contributed by atoms with Crippen molar-refractivity contribution >= 4 is 0 Å². The largest absolute Gasteiger partial charge is 0.0683 e. The van der Waals surface area contributed by atoms with Gasteiger partial charge in [-0.3, -0.25) is 0 Å². The van der Waals surface area contributed by atoms with Gasteiger partial charge in [-0.15, -0.1) is 0 Å². The zero-order chi connectivity index (χ0) is 10.7. The van der Waals surface area contributed by atoms with E-state index in [0.29, 0.717) is 0 Å². The van der Waals surface area contributed by atoms with Gasteiger partial charge in [0.25, 0.3) is 0 Å². The lowest BCUT2D eigenvalue weighted by Gasteiger charge is -2.14. The van der Waals surface area contributed by atoms with Crippen LogP contribution in [0.4, 0.5) is 0 Å². The molecule has 2 atom stereocenters. The van der Waals surface area contributed by atoms with Gasteiger partial charge in [-0.1, -0.05) is 73.6 Å². The van der Waals surface area contributed by atoms with E-state index in [1.807, 2.05) is 27.7 Å². The summed E-state index contributed by atoms with van der Waals surface area (Å²) in [6, 6.07) is 0. The zero-order valence-corrected chi connectivity index (χ0v) is 10.7. The molecule has 0 radical (unpaired) electrons. The maximum atomic E-state index is 2.33. The van der Waals surface area contributed by atoms with Crippen molar-refractivity contribution < 1.29 is 0 Å². The highest BCUT2D eigenvalue weighted by Gasteiger charge is 2.23. The Labute approximate surface area is 86.1 Å². The number of hydrogen-bond acceptors (Lipinski definition) is 0. The molecular weight excluding hydrogens is 156 g/mol. The average molecular weight is 186 g/mol. The second-order valence-corrected chi connectivity index (χ2v) is 3.27. The minimum Gasteiger partial charge on any atom is -0.0683 e. The highest BCUT2D eigenvalue weighted by atomic mass is 14.3. The average Bonchev–Trinajstić information content (AvgIpc) is 2.70. The van der Waals surface area contributed by atoms with Gasteiger partial charge in [-0.05, 0) is 11.8 Å². The Kier molecular flexibility index (Phi) is 14.3. The lowest BCUT2D eigenvalue weighted by atomic mass is 9.92. The highest BCUT2D eigenvalue weighted by molar-refractivity contribution is 4.74. The van der Waals surface area contributed by atoms with Crippen LogP contribution in [0.1, 0.15) is 73.6 Å². The quantitative estimate of drug-likeness (QED) is 0.551. The standard InChI is InChI=1S/C9H18.2C2H6/c1-3-8-6-5-7-9(8)4-2;2*1-2/h8-9H,3-7H2,1-2H3;2*1-2H3. The molecule has 0 heterocycles. The fourth-order valence-electron chi connectivity index (χ4n) is 2.19. The van der Waals surface area contributed by atoms with E-state index >= 15 is 0 Å². The molecule has 0 aromatic heterocycles. The fourth-order valence-corrected chi connectivity index (χ4v) is 2.19. The van der Waals surface area contributed by atoms with Crippen LogP contribution in [-0.4, -0.2) is 0 Å². The zero-order valence-electron chi connectivity index (χ0n) is 10.7. The monoisotopic (exact) mass is 186 g/mol. The van der Waals surface area contributed by atoms with Crippen LogP contribution in [0.2, 0.25) is 0 Å². The molecule has 0 spiro atoms. The van der Waals surface area contributed by atoms with Crippen molar-refractivity contribution in [1.29, 1.82) is 0 Å². The molecule has 0 nitrogen and oxygen atoms in total. The second-order valence-electron chi connectivity index (χ2n) is 3.27. The van der Waals surface area contributed by atoms with Crippen LogP contribution < -0.4 is 0 Å². The molecule has 1 saturated carbocycles. The number of hydrogen-bond donors (Lipinski definition) is 0. The molecule has 1 fully saturated rings. The molecular formula is C13H30. The van der Waals surface area contributed by atoms with E-state index in [-0.39, 0.29) is 0 Å². The second kappa shape index (κ2) is 12.0. The van der Waals surface area contributed by atoms with Gasteiger partial charge in [0.05, 0.1) is 0 Å². The molecule has 0 bridgehead atoms. The molecule has 0 aliphatic heterocycles. The lowest BCUT2D eigenvalue weighted by Crippen LogP contribution is -2.04. The van der Waals surface area contributed by atoms with Crippen molar-refractivity contribution in [3.63, 3.8) is 0 Å². The minimum atomic E-state index is 1.08. The molecule has 82 valence electrons. The summed E-state index contributed by atoms with van der Waals surface area (Å²) in [4.78, 5) is 0. The minimum absolute atomic E-state index is 1.08. The Bertz CT molecular complexity index is 66.1. The molecule has 2 unspecified atom stereocenters. The predicted molar refractivity (Wildman–Crippen MR) is 64.1 cm³/mol. The molecule has 0 N–H and O–H groups in total. The Morgan fingerprint density at radius 3 is 1.31 bits per heavy atom. The third-order valence-electron chi connectivity index (χ3n) is 2.87. The summed E-state index contributed by atoms with van der Waals surface area (Å²) in [6.07, 6.45) is 7.35. The fraction of sp³-hybridized carbons (Fsp3) is 1.00. The maximum absolute atomic E-state index is 2.33. The topological polar surface area (TPSA) is 0 Å². The first-order chi connectivity index (χ1) is 6.38. The lowest BCUT2D eigenvalue weighted by molar-refractivity contribution is 0.367. The van der Waals surface area contributed by atoms with Gasteiger partial charge >= 0.3 is 0 Å². The van der Waals surface area contributed by atoms with Crippen molar-refractivity contribution in [2.24, 2.45) is 11.8 Å². The summed E-state index contributed by atoms with van der Waals surface area (Å²) in [6.45, 7) is 12.7. The smallest absolute Gasteiger partial charge is 0.0389 e. The molecule has 1 rings (SSSR count). The van der Waals surface area contributed by atoms with Crippen LogP contribution >= 0.6 is 0 Å². The maximum Gasteiger partial charge on any atom is -0.0389 e. The van der Waals surface area contributed by atoms with Gasteiger partial charge in [0, 0.05) is 0 Å². The van der Waals surface area contributed by atoms with Crippen molar-refractivity contribution in [1.82, 2.24) is 0 Å². The SMILES string of the molecule is CC.CC.CCC1CCCC1CC. The molecule has 0 heteroatoms. The van der Waals surface area contributed by atoms with Crippen molar-refractivity contribution in [3.8, 4) is 0 Å². The van der Waals surface area contributed by atoms with Gasteiger partial charge in [0.15, 0.2) is 0 Å². The van der Waals surface area contributed by atoms with E-state index in [0.717, 1.165) is 11.8 Å². The first kappa shape index (κ1) is 15.5. The molecule has 13 heavy (non-hydrogen) atoms. The normalized spacial score (nSPS) is 25.4. The predicted octanol–water partition coefficient (Wildman–Crippen LogP) is 5.28. The van der Waals surface area contributed by atoms with E-state index in [1.165, 1.54) is 32.1 Å². The molecule has 0 aromatic rings. The van der Waals surface area contributed by atoms with Crippen molar-refractivity contribution in [2.45, 2.75) is 73.6 Å². The van der Waals surface area contributed by atoms with Crippen LogP contribution in [0.15, 0.2) is 0 Å². The summed E-state index contributed by atoms with van der Waals surface area (Å²) >= 11 is 0. The highest BCUT2D eigenvalue weighted by Crippen LogP contribution is 2.35. The van der Waals surface area contributed by atoms with E-state index in [9.17, 15) is 0 Å². The molecule has 1 aliphatic rings. The van der Waals surface area contributed by atoms with Gasteiger partial charge in [0.2, 0.25) is 0 Å². The summed E-state index contributed by atoms with van der Waals surface area (Å²) in [5, 5.41) is 0. The third-order valence-corrected chi connectivity index (χ3v) is 2.87. The van der Waals surface area contributed by atoms with E-state index in [4.69, 9.17) is 0 Å². The van der Waals surface area contributed by atoms with Crippen molar-refractivity contribution in [3.05, 3.63) is 0 Å². The summed E-state index contributed by atoms with van der Waals surface area (Å²) in [7, 11) is 0. The Balaban J connectivity index is 0. The first-order valence-corrected chi connectivity index (χ1v) is 6.38. The van der Waals surface area contributed by atoms with E-state index in [2.05, 4.69) is 13.8 Å². The Hall–Kier alpha value is 0. The molecule has 1 aliphatic carbocycles. The van der Waals surface area contributed by atoms with Gasteiger partial charge in [0.1, 0.15) is 0 Å². The summed E-state index contributed by atoms with van der Waals surface area (Å²) in [5.74, 6) is 2.16. The van der Waals surface area contributed by atoms with Crippen LogP contribution in [0, 0.1) is 11.8 Å². The summed E-state index contributed by atoms with van der Waals surface area (Å²) in [5.41, 5.74) is 0. The van der Waals surface area contributed by atoms with Gasteiger partial charge in [-0.2, -0.15) is 0 Å². The number of rotatable bonds is 2. The van der Waals surface area contributed by atoms with Crippen molar-refractivity contribution in [2.75, 3.05) is 0 Å². The molecule has 0 aromatic carbocycles. The van der Waals surface area contributed by atoms with Crippen LogP contribution in [0.3, 0.4) is 0 Å². The van der Waals surface area contributed by atoms with Crippen LogP contribution in [-0.2, 0) is 0 Å². The van der Waals surface area contributed by atoms with Crippen LogP contribution in [0.5, 0.6) is 0 Å². The molecule has 0 saturated heterocycles. The van der Waals surface area contributed by atoms with Gasteiger partial charge in [-0.25, -0.2) is 0 Å². The Morgan fingerprint density at radius 2 is 1.08 bits per heavy atom. The molecule has 0 amide bonds. The third kappa shape index (κ3) is 6.12.